The molecule has 0 amide bonds. The van der Waals surface area contributed by atoms with Crippen molar-refractivity contribution in [1.82, 2.24) is 0 Å². The highest BCUT2D eigenvalue weighted by Gasteiger charge is 2.39. The summed E-state index contributed by atoms with van der Waals surface area (Å²) in [6.45, 7) is 16.3. The molecule has 0 aromatic heterocycles. The summed E-state index contributed by atoms with van der Waals surface area (Å²) < 4.78 is 50.9. The number of carbonyl (C=O) groups is 1. The Kier molecular flexibility index (Phi) is 6.92. The Morgan fingerprint density at radius 3 is 0.902 bits per heavy atom. The molecule has 4 heterocycles. The van der Waals surface area contributed by atoms with Crippen molar-refractivity contribution >= 4 is 5.97 Å². The molecule has 0 fully saturated rings. The van der Waals surface area contributed by atoms with E-state index in [1.807, 2.05) is 27.7 Å². The van der Waals surface area contributed by atoms with Gasteiger partial charge in [0.1, 0.15) is 46.0 Å². The van der Waals surface area contributed by atoms with E-state index in [1.54, 1.807) is 0 Å². The summed E-state index contributed by atoms with van der Waals surface area (Å²) in [5, 5.41) is 10.4. The van der Waals surface area contributed by atoms with Crippen molar-refractivity contribution in [3.63, 3.8) is 0 Å². The van der Waals surface area contributed by atoms with Crippen LogP contribution in [0.2, 0.25) is 0 Å². The van der Waals surface area contributed by atoms with Crippen LogP contribution in [-0.2, 0) is 4.79 Å². The van der Waals surface area contributed by atoms with Gasteiger partial charge in [-0.1, -0.05) is 27.7 Å². The molecule has 5 aliphatic rings. The number of carboxylic acids is 1. The summed E-state index contributed by atoms with van der Waals surface area (Å²) in [5.74, 6) is 2.94. The van der Waals surface area contributed by atoms with Crippen LogP contribution in [0, 0.1) is 27.7 Å². The van der Waals surface area contributed by atoms with Gasteiger partial charge in [-0.25, -0.2) is 4.79 Å². The lowest BCUT2D eigenvalue weighted by molar-refractivity contribution is -0.159. The second kappa shape index (κ2) is 11.1. The van der Waals surface area contributed by atoms with Gasteiger partial charge in [-0.3, -0.25) is 0 Å². The Labute approximate surface area is 296 Å². The normalized spacial score (nSPS) is 23.1. The highest BCUT2D eigenvalue weighted by molar-refractivity contribution is 5.74. The van der Waals surface area contributed by atoms with Crippen LogP contribution in [0.3, 0.4) is 0 Å². The molecule has 10 nitrogen and oxygen atoms in total. The smallest absolute Gasteiger partial charge is 0.387 e. The first-order valence-electron chi connectivity index (χ1n) is 17.5. The number of hydrogen-bond donors (Lipinski definition) is 1. The van der Waals surface area contributed by atoms with E-state index in [0.717, 1.165) is 67.1 Å². The third-order valence-corrected chi connectivity index (χ3v) is 11.7. The van der Waals surface area contributed by atoms with Gasteiger partial charge in [0.05, 0.1) is 0 Å². The van der Waals surface area contributed by atoms with Gasteiger partial charge in [-0.2, -0.15) is 0 Å². The fourth-order valence-corrected chi connectivity index (χ4v) is 8.83. The van der Waals surface area contributed by atoms with Crippen LogP contribution in [0.5, 0.6) is 46.0 Å². The Balaban J connectivity index is 1.44. The number of rotatable bonds is 1. The van der Waals surface area contributed by atoms with Crippen molar-refractivity contribution in [3.05, 3.63) is 91.0 Å². The van der Waals surface area contributed by atoms with Crippen LogP contribution in [0.25, 0.3) is 0 Å². The maximum Gasteiger partial charge on any atom is 0.387 e. The lowest BCUT2D eigenvalue weighted by Gasteiger charge is -2.36. The van der Waals surface area contributed by atoms with E-state index in [-0.39, 0.29) is 44.1 Å². The lowest BCUT2D eigenvalue weighted by atomic mass is 9.78. The van der Waals surface area contributed by atoms with Gasteiger partial charge in [0.2, 0.25) is 20.4 Å². The lowest BCUT2D eigenvalue weighted by Crippen LogP contribution is -2.35. The van der Waals surface area contributed by atoms with Crippen molar-refractivity contribution in [2.24, 2.45) is 0 Å². The molecule has 1 aliphatic carbocycles. The Hall–Kier alpha value is -5.25. The van der Waals surface area contributed by atoms with Crippen LogP contribution in [0.1, 0.15) is 118 Å². The van der Waals surface area contributed by atoms with Crippen LogP contribution < -0.4 is 37.9 Å². The molecule has 0 spiro atoms. The van der Waals surface area contributed by atoms with Gasteiger partial charge in [-0.15, -0.1) is 0 Å². The Morgan fingerprint density at radius 2 is 0.667 bits per heavy atom. The van der Waals surface area contributed by atoms with E-state index >= 15 is 0 Å². The summed E-state index contributed by atoms with van der Waals surface area (Å²) in [7, 11) is 0. The predicted octanol–water partition coefficient (Wildman–Crippen LogP) is 8.21. The highest BCUT2D eigenvalue weighted by Crippen LogP contribution is 2.55. The van der Waals surface area contributed by atoms with Crippen molar-refractivity contribution in [2.75, 3.05) is 20.4 Å². The second-order valence-corrected chi connectivity index (χ2v) is 14.4. The first kappa shape index (κ1) is 31.7. The molecule has 4 aliphatic heterocycles. The Bertz CT molecular complexity index is 2060. The zero-order valence-corrected chi connectivity index (χ0v) is 29.9. The molecule has 51 heavy (non-hydrogen) atoms. The summed E-state index contributed by atoms with van der Waals surface area (Å²) >= 11 is 0. The minimum Gasteiger partial charge on any atom is -0.476 e. The third kappa shape index (κ3) is 4.37. The fourth-order valence-electron chi connectivity index (χ4n) is 8.83. The molecule has 5 atom stereocenters. The molecule has 0 saturated heterocycles. The topological polar surface area (TPSA) is 111 Å². The molecule has 264 valence electrons. The molecule has 4 aromatic rings. The second-order valence-electron chi connectivity index (χ2n) is 14.4. The van der Waals surface area contributed by atoms with Gasteiger partial charge < -0.3 is 43.0 Å². The van der Waals surface area contributed by atoms with Crippen molar-refractivity contribution in [3.8, 4) is 46.0 Å². The quantitative estimate of drug-likeness (QED) is 0.210. The van der Waals surface area contributed by atoms with Gasteiger partial charge in [0.25, 0.3) is 0 Å². The average molecular weight is 693 g/mol. The summed E-state index contributed by atoms with van der Waals surface area (Å²) in [4.78, 5) is 12.7. The number of ether oxygens (including phenoxy) is 8. The molecular weight excluding hydrogens is 652 g/mol. The van der Waals surface area contributed by atoms with Crippen LogP contribution >= 0.6 is 0 Å². The molecule has 1 N–H and O–H groups in total. The van der Waals surface area contributed by atoms with Crippen molar-refractivity contribution < 1.29 is 47.8 Å². The minimum absolute atomic E-state index is 0.0155. The Morgan fingerprint density at radius 1 is 0.451 bits per heavy atom. The molecule has 0 unspecified atom stereocenters. The first-order chi connectivity index (χ1) is 24.5. The molecular formula is C41H40O10. The van der Waals surface area contributed by atoms with Gasteiger partial charge >= 0.3 is 12.3 Å². The van der Waals surface area contributed by atoms with E-state index in [1.165, 1.54) is 0 Å². The maximum atomic E-state index is 12.7. The third-order valence-electron chi connectivity index (χ3n) is 11.7. The number of aliphatic carboxylic acids is 1. The molecule has 8 bridgehead atoms. The minimum atomic E-state index is -1.63. The summed E-state index contributed by atoms with van der Waals surface area (Å²) in [6.07, 6.45) is -1.63. The largest absolute Gasteiger partial charge is 0.476 e. The van der Waals surface area contributed by atoms with Gasteiger partial charge in [-0.05, 0) is 52.0 Å². The van der Waals surface area contributed by atoms with Crippen LogP contribution in [-0.4, -0.2) is 37.7 Å². The van der Waals surface area contributed by atoms with E-state index in [9.17, 15) is 9.90 Å². The van der Waals surface area contributed by atoms with E-state index in [0.29, 0.717) is 45.6 Å². The van der Waals surface area contributed by atoms with Crippen molar-refractivity contribution in [1.29, 1.82) is 0 Å². The molecule has 4 aromatic carbocycles. The molecule has 10 heteroatoms. The standard InChI is InChI=1S/C41H40O10/c1-16-24-9-26-17(2)28-11-30-19(4)31-12-29-18(3)27-10-25(16)33-21(6)35(27)47-15-49-37(29)23(8)39(31)51-41(40(42)43)50-38(30)22(7)36(28)48-14-46-34(26)20(5)32(24)44-13-45-33/h9-12,16-19,41H,13-15H2,1-8H3,(H,42,43)/t16-,17+,18-,19+,41+. The van der Waals surface area contributed by atoms with Gasteiger partial charge in [0, 0.05) is 90.4 Å². The predicted molar refractivity (Wildman–Crippen MR) is 186 cm³/mol. The number of carboxylic acid groups (broad SMARTS) is 1. The number of benzene rings is 4. The van der Waals surface area contributed by atoms with Crippen molar-refractivity contribution in [2.45, 2.75) is 85.4 Å². The van der Waals surface area contributed by atoms with E-state index in [4.69, 9.17) is 37.9 Å². The molecule has 9 rings (SSSR count). The molecule has 0 saturated carbocycles. The monoisotopic (exact) mass is 692 g/mol. The first-order valence-corrected chi connectivity index (χ1v) is 17.5. The molecule has 0 radical (unpaired) electrons. The van der Waals surface area contributed by atoms with Crippen LogP contribution in [0.15, 0.2) is 24.3 Å². The van der Waals surface area contributed by atoms with E-state index < -0.39 is 12.3 Å². The summed E-state index contributed by atoms with van der Waals surface area (Å²) in [5.41, 5.74) is 10.8. The average Bonchev–Trinajstić information content (AvgIpc) is 3.08. The SMILES string of the molecule is Cc1c2c3cc4c1OCOc1c(cc5c(c1C)O[C@@H](C(=O)O)Oc1c(cc6c(c1C)OCOc1c(cc(c(c1C)OCO2)[C@H]3C)[C@@H]6C)[C@@H]5C)[C@@H]4C. The fraction of sp³-hybridized carbons (Fsp3) is 0.390. The highest BCUT2D eigenvalue weighted by atomic mass is 16.7. The van der Waals surface area contributed by atoms with Crippen LogP contribution in [0.4, 0.5) is 0 Å². The zero-order chi connectivity index (χ0) is 35.6. The zero-order valence-electron chi connectivity index (χ0n) is 29.9. The summed E-state index contributed by atoms with van der Waals surface area (Å²) in [6, 6.07) is 8.66. The number of hydrogen-bond acceptors (Lipinski definition) is 9. The maximum absolute atomic E-state index is 12.7. The van der Waals surface area contributed by atoms with Gasteiger partial charge in [0.15, 0.2) is 0 Å². The van der Waals surface area contributed by atoms with E-state index in [2.05, 4.69) is 52.0 Å².